The van der Waals surface area contributed by atoms with Crippen LogP contribution in [0.25, 0.3) is 0 Å². The van der Waals surface area contributed by atoms with Crippen molar-refractivity contribution in [3.05, 3.63) is 33.8 Å². The molecule has 108 valence electrons. The summed E-state index contributed by atoms with van der Waals surface area (Å²) in [5, 5.41) is 5.13. The molecule has 1 nitrogen and oxygen atoms in total. The third-order valence-electron chi connectivity index (χ3n) is 3.54. The van der Waals surface area contributed by atoms with E-state index >= 15 is 0 Å². The smallest absolute Gasteiger partial charge is 0.0453 e. The summed E-state index contributed by atoms with van der Waals surface area (Å²) in [5.41, 5.74) is 1.18. The van der Waals surface area contributed by atoms with Crippen molar-refractivity contribution in [3.63, 3.8) is 0 Å². The van der Waals surface area contributed by atoms with Gasteiger partial charge in [-0.2, -0.15) is 0 Å². The first-order valence-electron chi connectivity index (χ1n) is 7.25. The molecule has 0 bridgehead atoms. The Morgan fingerprint density at radius 1 is 1.16 bits per heavy atom. The van der Waals surface area contributed by atoms with Crippen molar-refractivity contribution in [1.29, 1.82) is 0 Å². The zero-order chi connectivity index (χ0) is 14.3. The lowest BCUT2D eigenvalue weighted by Crippen LogP contribution is -2.37. The molecule has 0 heterocycles. The summed E-state index contributed by atoms with van der Waals surface area (Å²) in [6, 6.07) is 6.28. The Morgan fingerprint density at radius 3 is 2.47 bits per heavy atom. The molecule has 1 aromatic rings. The van der Waals surface area contributed by atoms with Crippen LogP contribution in [-0.2, 0) is 6.42 Å². The van der Waals surface area contributed by atoms with Gasteiger partial charge in [0.1, 0.15) is 0 Å². The van der Waals surface area contributed by atoms with Crippen LogP contribution in [0.5, 0.6) is 0 Å². The van der Waals surface area contributed by atoms with Gasteiger partial charge in [-0.25, -0.2) is 0 Å². The lowest BCUT2D eigenvalue weighted by Gasteiger charge is -2.25. The number of halogens is 2. The average molecular weight is 302 g/mol. The zero-order valence-corrected chi connectivity index (χ0v) is 13.7. The summed E-state index contributed by atoms with van der Waals surface area (Å²) in [4.78, 5) is 0. The van der Waals surface area contributed by atoms with Crippen molar-refractivity contribution in [2.75, 3.05) is 6.54 Å². The summed E-state index contributed by atoms with van der Waals surface area (Å²) in [6.45, 7) is 7.82. The predicted molar refractivity (Wildman–Crippen MR) is 86.3 cm³/mol. The molecule has 0 saturated carbocycles. The molecule has 0 aliphatic heterocycles. The predicted octanol–water partition coefficient (Wildman–Crippen LogP) is 5.34. The van der Waals surface area contributed by atoms with Crippen LogP contribution < -0.4 is 5.32 Å². The van der Waals surface area contributed by atoms with Gasteiger partial charge in [0.25, 0.3) is 0 Å². The maximum Gasteiger partial charge on any atom is 0.0453 e. The first-order valence-corrected chi connectivity index (χ1v) is 8.01. The fraction of sp³-hybridized carbons (Fsp3) is 0.625. The fourth-order valence-corrected chi connectivity index (χ4v) is 2.87. The van der Waals surface area contributed by atoms with Gasteiger partial charge in [-0.3, -0.25) is 0 Å². The zero-order valence-electron chi connectivity index (χ0n) is 12.2. The normalized spacial score (nSPS) is 14.4. The van der Waals surface area contributed by atoms with E-state index in [-0.39, 0.29) is 0 Å². The number of benzene rings is 1. The van der Waals surface area contributed by atoms with Crippen LogP contribution in [-0.4, -0.2) is 12.6 Å². The van der Waals surface area contributed by atoms with E-state index in [0.29, 0.717) is 17.0 Å². The quantitative estimate of drug-likeness (QED) is 0.683. The summed E-state index contributed by atoms with van der Waals surface area (Å²) < 4.78 is 0. The van der Waals surface area contributed by atoms with Gasteiger partial charge >= 0.3 is 0 Å². The van der Waals surface area contributed by atoms with Gasteiger partial charge in [-0.15, -0.1) is 0 Å². The number of nitrogens with one attached hydrogen (secondary N) is 1. The van der Waals surface area contributed by atoms with Crippen molar-refractivity contribution in [2.45, 2.75) is 52.5 Å². The first-order chi connectivity index (χ1) is 9.08. The van der Waals surface area contributed by atoms with Crippen molar-refractivity contribution >= 4 is 23.2 Å². The highest BCUT2D eigenvalue weighted by Crippen LogP contribution is 2.24. The molecule has 1 aromatic carbocycles. The molecule has 0 aliphatic carbocycles. The van der Waals surface area contributed by atoms with E-state index in [2.05, 4.69) is 26.1 Å². The van der Waals surface area contributed by atoms with Gasteiger partial charge in [-0.1, -0.05) is 56.5 Å². The van der Waals surface area contributed by atoms with Crippen molar-refractivity contribution in [2.24, 2.45) is 5.92 Å². The van der Waals surface area contributed by atoms with Crippen molar-refractivity contribution < 1.29 is 0 Å². The van der Waals surface area contributed by atoms with E-state index in [0.717, 1.165) is 24.4 Å². The van der Waals surface area contributed by atoms with Crippen LogP contribution in [0.3, 0.4) is 0 Å². The highest BCUT2D eigenvalue weighted by atomic mass is 35.5. The third-order valence-corrected chi connectivity index (χ3v) is 4.13. The Kier molecular flexibility index (Phi) is 7.82. The highest BCUT2D eigenvalue weighted by molar-refractivity contribution is 6.35. The first kappa shape index (κ1) is 16.8. The number of hydrogen-bond donors (Lipinski definition) is 1. The Balaban J connectivity index is 2.74. The molecule has 1 rings (SSSR count). The Hall–Kier alpha value is -0.240. The van der Waals surface area contributed by atoms with Crippen molar-refractivity contribution in [3.8, 4) is 0 Å². The standard InChI is InChI=1S/C16H25Cl2N/c1-4-6-12(3)16(19-9-5-2)10-13-7-8-14(17)11-15(13)18/h7-8,11-12,16,19H,4-6,9-10H2,1-3H3. The minimum Gasteiger partial charge on any atom is -0.313 e. The van der Waals surface area contributed by atoms with Crippen LogP contribution >= 0.6 is 23.2 Å². The second kappa shape index (κ2) is 8.84. The third kappa shape index (κ3) is 5.72. The summed E-state index contributed by atoms with van der Waals surface area (Å²) in [7, 11) is 0. The van der Waals surface area contributed by atoms with Crippen molar-refractivity contribution in [1.82, 2.24) is 5.32 Å². The van der Waals surface area contributed by atoms with Gasteiger partial charge in [0, 0.05) is 16.1 Å². The van der Waals surface area contributed by atoms with E-state index in [1.54, 1.807) is 0 Å². The molecular weight excluding hydrogens is 277 g/mol. The van der Waals surface area contributed by atoms with Gasteiger partial charge in [0.05, 0.1) is 0 Å². The average Bonchev–Trinajstić information content (AvgIpc) is 2.37. The molecule has 0 aliphatic rings. The monoisotopic (exact) mass is 301 g/mol. The summed E-state index contributed by atoms with van der Waals surface area (Å²) in [5.74, 6) is 0.656. The molecule has 1 N–H and O–H groups in total. The van der Waals surface area contributed by atoms with E-state index in [4.69, 9.17) is 23.2 Å². The van der Waals surface area contributed by atoms with Crippen LogP contribution in [0, 0.1) is 5.92 Å². The SMILES string of the molecule is CCCNC(Cc1ccc(Cl)cc1Cl)C(C)CCC. The number of hydrogen-bond acceptors (Lipinski definition) is 1. The second-order valence-corrected chi connectivity index (χ2v) is 6.11. The van der Waals surface area contributed by atoms with E-state index in [1.165, 1.54) is 18.4 Å². The van der Waals surface area contributed by atoms with Gasteiger partial charge in [0.15, 0.2) is 0 Å². The van der Waals surface area contributed by atoms with Crippen LogP contribution in [0.15, 0.2) is 18.2 Å². The molecule has 2 unspecified atom stereocenters. The molecule has 2 atom stereocenters. The molecule has 0 fully saturated rings. The highest BCUT2D eigenvalue weighted by Gasteiger charge is 2.17. The Bertz CT molecular complexity index is 379. The van der Waals surface area contributed by atoms with Gasteiger partial charge in [-0.05, 0) is 49.4 Å². The van der Waals surface area contributed by atoms with Crippen LogP contribution in [0.1, 0.15) is 45.6 Å². The largest absolute Gasteiger partial charge is 0.313 e. The maximum atomic E-state index is 6.28. The molecule has 0 radical (unpaired) electrons. The molecule has 0 amide bonds. The van der Waals surface area contributed by atoms with Crippen LogP contribution in [0.2, 0.25) is 10.0 Å². The Morgan fingerprint density at radius 2 is 1.89 bits per heavy atom. The molecule has 0 aromatic heterocycles. The molecule has 19 heavy (non-hydrogen) atoms. The minimum atomic E-state index is 0.485. The van der Waals surface area contributed by atoms with Crippen LogP contribution in [0.4, 0.5) is 0 Å². The van der Waals surface area contributed by atoms with Gasteiger partial charge < -0.3 is 5.32 Å². The lowest BCUT2D eigenvalue weighted by molar-refractivity contribution is 0.352. The minimum absolute atomic E-state index is 0.485. The molecule has 3 heteroatoms. The summed E-state index contributed by atoms with van der Waals surface area (Å²) >= 11 is 12.2. The molecular formula is C16H25Cl2N. The van der Waals surface area contributed by atoms with Gasteiger partial charge in [0.2, 0.25) is 0 Å². The maximum absolute atomic E-state index is 6.28. The van der Waals surface area contributed by atoms with E-state index in [9.17, 15) is 0 Å². The molecule has 0 spiro atoms. The second-order valence-electron chi connectivity index (χ2n) is 5.27. The van der Waals surface area contributed by atoms with E-state index < -0.39 is 0 Å². The fourth-order valence-electron chi connectivity index (χ4n) is 2.38. The number of rotatable bonds is 8. The van der Waals surface area contributed by atoms with E-state index in [1.807, 2.05) is 18.2 Å². The topological polar surface area (TPSA) is 12.0 Å². The summed E-state index contributed by atoms with van der Waals surface area (Å²) in [6.07, 6.45) is 4.59. The lowest BCUT2D eigenvalue weighted by atomic mass is 9.91. The molecule has 0 saturated heterocycles. The Labute approximate surface area is 127 Å².